The summed E-state index contributed by atoms with van der Waals surface area (Å²) in [7, 11) is 0. The van der Waals surface area contributed by atoms with Crippen molar-refractivity contribution in [3.8, 4) is 0 Å². The highest BCUT2D eigenvalue weighted by Gasteiger charge is 2.44. The maximum absolute atomic E-state index is 9.12. The highest BCUT2D eigenvalue weighted by Crippen LogP contribution is 2.21. The van der Waals surface area contributed by atoms with Crippen LogP contribution in [-0.4, -0.2) is 62.8 Å². The molecule has 0 aromatic carbocycles. The van der Waals surface area contributed by atoms with Gasteiger partial charge in [-0.05, 0) is 0 Å². The monoisotopic (exact) mass is 180 g/mol. The van der Waals surface area contributed by atoms with Crippen LogP contribution in [0.4, 0.5) is 0 Å². The molecule has 0 aliphatic carbocycles. The molecule has 6 nitrogen and oxygen atoms in total. The van der Waals surface area contributed by atoms with Gasteiger partial charge in [0.05, 0.1) is 6.61 Å². The molecule has 12 heavy (non-hydrogen) atoms. The lowest BCUT2D eigenvalue weighted by molar-refractivity contribution is -0.150. The number of hydrogen-bond acceptors (Lipinski definition) is 6. The number of ether oxygens (including phenoxy) is 1. The van der Waals surface area contributed by atoms with Gasteiger partial charge >= 0.3 is 0 Å². The zero-order chi connectivity index (χ0) is 9.30. The van der Waals surface area contributed by atoms with Crippen molar-refractivity contribution >= 4 is 0 Å². The van der Waals surface area contributed by atoms with Crippen molar-refractivity contribution < 1.29 is 30.3 Å². The summed E-state index contributed by atoms with van der Waals surface area (Å²) in [5.41, 5.74) is 0. The lowest BCUT2D eigenvalue weighted by Gasteiger charge is -2.18. The molecule has 1 aliphatic rings. The van der Waals surface area contributed by atoms with E-state index in [1.807, 2.05) is 0 Å². The van der Waals surface area contributed by atoms with Crippen LogP contribution >= 0.6 is 0 Å². The molecule has 0 aromatic heterocycles. The third-order valence-corrected chi connectivity index (χ3v) is 1.84. The molecule has 1 saturated heterocycles. The minimum atomic E-state index is -1.51. The standard InChI is InChI=1S/C6H12O6/c7-1-2(8)5-3(9)4(10)6(11)12-5/h2-11H,1H2/t2-,3+,4-,5+,6+/m1/s1. The van der Waals surface area contributed by atoms with Crippen LogP contribution in [0.2, 0.25) is 0 Å². The molecule has 0 aromatic rings. The van der Waals surface area contributed by atoms with Crippen LogP contribution in [0.1, 0.15) is 0 Å². The van der Waals surface area contributed by atoms with E-state index in [2.05, 4.69) is 4.74 Å². The third kappa shape index (κ3) is 1.58. The van der Waals surface area contributed by atoms with Gasteiger partial charge in [0.15, 0.2) is 6.29 Å². The second-order valence-electron chi connectivity index (χ2n) is 2.72. The Morgan fingerprint density at radius 1 is 1.17 bits per heavy atom. The van der Waals surface area contributed by atoms with E-state index in [-0.39, 0.29) is 0 Å². The lowest BCUT2D eigenvalue weighted by Crippen LogP contribution is -2.40. The van der Waals surface area contributed by atoms with Crippen molar-refractivity contribution in [2.45, 2.75) is 30.7 Å². The quantitative estimate of drug-likeness (QED) is 0.306. The summed E-state index contributed by atoms with van der Waals surface area (Å²) in [5.74, 6) is 0. The topological polar surface area (TPSA) is 110 Å². The predicted molar refractivity (Wildman–Crippen MR) is 36.0 cm³/mol. The molecule has 0 bridgehead atoms. The first-order valence-electron chi connectivity index (χ1n) is 3.56. The second kappa shape index (κ2) is 3.65. The Labute approximate surface area is 68.6 Å². The zero-order valence-electron chi connectivity index (χ0n) is 6.24. The van der Waals surface area contributed by atoms with E-state index in [0.717, 1.165) is 0 Å². The minimum absolute atomic E-state index is 0.596. The highest BCUT2D eigenvalue weighted by molar-refractivity contribution is 4.89. The van der Waals surface area contributed by atoms with Gasteiger partial charge in [-0.1, -0.05) is 0 Å². The van der Waals surface area contributed by atoms with Gasteiger partial charge in [-0.3, -0.25) is 0 Å². The van der Waals surface area contributed by atoms with E-state index in [0.29, 0.717) is 0 Å². The smallest absolute Gasteiger partial charge is 0.184 e. The number of aliphatic hydroxyl groups excluding tert-OH is 5. The summed E-state index contributed by atoms with van der Waals surface area (Å²) in [6, 6.07) is 0. The Kier molecular flexibility index (Phi) is 2.99. The molecule has 5 atom stereocenters. The average Bonchev–Trinajstić information content (AvgIpc) is 2.32. The molecule has 1 rings (SSSR count). The van der Waals surface area contributed by atoms with Gasteiger partial charge in [-0.15, -0.1) is 0 Å². The van der Waals surface area contributed by atoms with Crippen LogP contribution in [0, 0.1) is 0 Å². The van der Waals surface area contributed by atoms with Crippen molar-refractivity contribution in [1.29, 1.82) is 0 Å². The molecule has 0 radical (unpaired) electrons. The Morgan fingerprint density at radius 2 is 1.75 bits per heavy atom. The van der Waals surface area contributed by atoms with Gasteiger partial charge in [0.2, 0.25) is 0 Å². The Balaban J connectivity index is 2.58. The van der Waals surface area contributed by atoms with Gasteiger partial charge in [0.1, 0.15) is 24.4 Å². The van der Waals surface area contributed by atoms with Crippen molar-refractivity contribution in [2.75, 3.05) is 6.61 Å². The normalized spacial score (nSPS) is 44.8. The summed E-state index contributed by atoms with van der Waals surface area (Å²) in [4.78, 5) is 0. The lowest BCUT2D eigenvalue weighted by atomic mass is 10.1. The minimum Gasteiger partial charge on any atom is -0.394 e. The van der Waals surface area contributed by atoms with E-state index in [1.54, 1.807) is 0 Å². The zero-order valence-corrected chi connectivity index (χ0v) is 6.24. The van der Waals surface area contributed by atoms with E-state index in [1.165, 1.54) is 0 Å². The summed E-state index contributed by atoms with van der Waals surface area (Å²) >= 11 is 0. The number of hydrogen-bond donors (Lipinski definition) is 5. The highest BCUT2D eigenvalue weighted by atomic mass is 16.6. The molecule has 1 fully saturated rings. The van der Waals surface area contributed by atoms with Crippen LogP contribution in [-0.2, 0) is 4.74 Å². The molecule has 1 aliphatic heterocycles. The third-order valence-electron chi connectivity index (χ3n) is 1.84. The van der Waals surface area contributed by atoms with Crippen LogP contribution in [0.3, 0.4) is 0 Å². The predicted octanol–water partition coefficient (Wildman–Crippen LogP) is -3.22. The summed E-state index contributed by atoms with van der Waals surface area (Å²) < 4.78 is 4.58. The summed E-state index contributed by atoms with van der Waals surface area (Å²) in [5, 5.41) is 44.4. The van der Waals surface area contributed by atoms with Gasteiger partial charge in [-0.2, -0.15) is 0 Å². The van der Waals surface area contributed by atoms with Crippen LogP contribution in [0.5, 0.6) is 0 Å². The van der Waals surface area contributed by atoms with E-state index < -0.39 is 37.3 Å². The second-order valence-corrected chi connectivity index (χ2v) is 2.72. The Bertz CT molecular complexity index is 151. The van der Waals surface area contributed by atoms with E-state index in [4.69, 9.17) is 25.5 Å². The molecule has 0 spiro atoms. The number of rotatable bonds is 2. The first-order chi connectivity index (χ1) is 5.57. The fraction of sp³-hybridized carbons (Fsp3) is 1.00. The van der Waals surface area contributed by atoms with E-state index >= 15 is 0 Å². The first-order valence-corrected chi connectivity index (χ1v) is 3.56. The maximum atomic E-state index is 9.12. The van der Waals surface area contributed by atoms with Crippen molar-refractivity contribution in [3.63, 3.8) is 0 Å². The molecule has 0 saturated carbocycles. The van der Waals surface area contributed by atoms with Crippen molar-refractivity contribution in [1.82, 2.24) is 0 Å². The average molecular weight is 180 g/mol. The Morgan fingerprint density at radius 3 is 2.08 bits per heavy atom. The van der Waals surface area contributed by atoms with Crippen LogP contribution < -0.4 is 0 Å². The van der Waals surface area contributed by atoms with E-state index in [9.17, 15) is 0 Å². The molecule has 5 N–H and O–H groups in total. The summed E-state index contributed by atoms with van der Waals surface area (Å²) in [6.07, 6.45) is -6.75. The molecular weight excluding hydrogens is 168 g/mol. The Hall–Kier alpha value is -0.240. The fourth-order valence-electron chi connectivity index (χ4n) is 1.11. The van der Waals surface area contributed by atoms with Gasteiger partial charge in [0.25, 0.3) is 0 Å². The van der Waals surface area contributed by atoms with Crippen molar-refractivity contribution in [3.05, 3.63) is 0 Å². The largest absolute Gasteiger partial charge is 0.394 e. The molecular formula is C6H12O6. The SMILES string of the molecule is OC[C@@H](O)[C@@H]1O[C@H](O)[C@H](O)[C@@H]1O. The van der Waals surface area contributed by atoms with Gasteiger partial charge in [-0.25, -0.2) is 0 Å². The first kappa shape index (κ1) is 9.85. The molecule has 0 amide bonds. The molecule has 0 unspecified atom stereocenters. The molecule has 1 heterocycles. The summed E-state index contributed by atoms with van der Waals surface area (Å²) in [6.45, 7) is -0.596. The van der Waals surface area contributed by atoms with Gasteiger partial charge in [0, 0.05) is 0 Å². The molecule has 72 valence electrons. The molecule has 6 heteroatoms. The van der Waals surface area contributed by atoms with Gasteiger partial charge < -0.3 is 30.3 Å². The number of aliphatic hydroxyl groups is 5. The fourth-order valence-corrected chi connectivity index (χ4v) is 1.11. The van der Waals surface area contributed by atoms with Crippen LogP contribution in [0.25, 0.3) is 0 Å². The maximum Gasteiger partial charge on any atom is 0.184 e. The van der Waals surface area contributed by atoms with Crippen molar-refractivity contribution in [2.24, 2.45) is 0 Å². The van der Waals surface area contributed by atoms with Crippen LogP contribution in [0.15, 0.2) is 0 Å².